The molecule has 0 saturated heterocycles. The summed E-state index contributed by atoms with van der Waals surface area (Å²) in [5.41, 5.74) is 1.06. The second kappa shape index (κ2) is 5.78. The molecule has 0 aliphatic rings. The van der Waals surface area contributed by atoms with E-state index in [0.717, 1.165) is 29.2 Å². The number of fused-ring (bicyclic) bond motifs is 1. The number of aryl methyl sites for hydroxylation is 1. The van der Waals surface area contributed by atoms with Crippen molar-refractivity contribution in [2.75, 3.05) is 4.72 Å². The van der Waals surface area contributed by atoms with E-state index in [1.54, 1.807) is 12.1 Å². The molecule has 0 fully saturated rings. The van der Waals surface area contributed by atoms with Crippen molar-refractivity contribution in [1.82, 2.24) is 3.96 Å². The second-order valence-electron chi connectivity index (χ2n) is 4.86. The molecule has 3 rings (SSSR count). The molecular formula is C15H13FN2O3S2. The van der Waals surface area contributed by atoms with Gasteiger partial charge in [-0.2, -0.15) is 0 Å². The van der Waals surface area contributed by atoms with Gasteiger partial charge in [-0.25, -0.2) is 12.8 Å². The molecule has 0 amide bonds. The Morgan fingerprint density at radius 1 is 1.17 bits per heavy atom. The van der Waals surface area contributed by atoms with E-state index in [4.69, 9.17) is 0 Å². The number of sulfonamides is 1. The van der Waals surface area contributed by atoms with Gasteiger partial charge in [0.05, 0.1) is 15.8 Å². The van der Waals surface area contributed by atoms with E-state index in [2.05, 4.69) is 4.72 Å². The molecule has 2 aromatic carbocycles. The van der Waals surface area contributed by atoms with Gasteiger partial charge in [-0.15, -0.1) is 0 Å². The third-order valence-electron chi connectivity index (χ3n) is 3.34. The van der Waals surface area contributed by atoms with Crippen molar-refractivity contribution in [2.24, 2.45) is 0 Å². The van der Waals surface area contributed by atoms with E-state index >= 15 is 0 Å². The van der Waals surface area contributed by atoms with Crippen molar-refractivity contribution >= 4 is 38.1 Å². The van der Waals surface area contributed by atoms with Crippen LogP contribution < -0.4 is 9.46 Å². The fourth-order valence-electron chi connectivity index (χ4n) is 2.24. The van der Waals surface area contributed by atoms with Crippen LogP contribution in [-0.4, -0.2) is 12.4 Å². The Morgan fingerprint density at radius 3 is 2.52 bits per heavy atom. The Morgan fingerprint density at radius 2 is 1.87 bits per heavy atom. The molecule has 0 saturated carbocycles. The molecule has 1 N–H and O–H groups in total. The van der Waals surface area contributed by atoms with E-state index in [0.29, 0.717) is 17.6 Å². The highest BCUT2D eigenvalue weighted by atomic mass is 32.2. The smallest absolute Gasteiger partial charge is 0.261 e. The van der Waals surface area contributed by atoms with Gasteiger partial charge < -0.3 is 0 Å². The molecule has 8 heteroatoms. The Bertz CT molecular complexity index is 1020. The number of benzene rings is 2. The summed E-state index contributed by atoms with van der Waals surface area (Å²) >= 11 is 1.09. The molecule has 1 heterocycles. The zero-order valence-electron chi connectivity index (χ0n) is 12.1. The summed E-state index contributed by atoms with van der Waals surface area (Å²) in [5.74, 6) is -0.510. The highest BCUT2D eigenvalue weighted by molar-refractivity contribution is 7.92. The van der Waals surface area contributed by atoms with Gasteiger partial charge >= 0.3 is 0 Å². The second-order valence-corrected chi connectivity index (χ2v) is 7.54. The lowest BCUT2D eigenvalue weighted by Gasteiger charge is -2.08. The molecule has 0 radical (unpaired) electrons. The van der Waals surface area contributed by atoms with Crippen LogP contribution in [0.5, 0.6) is 0 Å². The SMILES string of the molecule is CCn1sc(=O)c2cc(NS(=O)(=O)c3ccc(F)cc3)ccc21. The third kappa shape index (κ3) is 2.99. The minimum Gasteiger partial charge on any atom is -0.294 e. The van der Waals surface area contributed by atoms with Gasteiger partial charge in [-0.05, 0) is 60.9 Å². The van der Waals surface area contributed by atoms with Crippen LogP contribution in [0.4, 0.5) is 10.1 Å². The van der Waals surface area contributed by atoms with Crippen molar-refractivity contribution < 1.29 is 12.8 Å². The summed E-state index contributed by atoms with van der Waals surface area (Å²) in [5, 5.41) is 0.469. The van der Waals surface area contributed by atoms with Gasteiger partial charge in [-0.1, -0.05) is 0 Å². The fourth-order valence-corrected chi connectivity index (χ4v) is 4.14. The van der Waals surface area contributed by atoms with Crippen molar-refractivity contribution in [3.8, 4) is 0 Å². The Kier molecular flexibility index (Phi) is 3.95. The maximum absolute atomic E-state index is 12.9. The average Bonchev–Trinajstić information content (AvgIpc) is 2.83. The van der Waals surface area contributed by atoms with Crippen molar-refractivity contribution in [1.29, 1.82) is 0 Å². The van der Waals surface area contributed by atoms with Crippen LogP contribution in [0, 0.1) is 5.82 Å². The zero-order valence-corrected chi connectivity index (χ0v) is 13.7. The lowest BCUT2D eigenvalue weighted by Crippen LogP contribution is -2.13. The summed E-state index contributed by atoms with van der Waals surface area (Å²) < 4.78 is 41.6. The van der Waals surface area contributed by atoms with Gasteiger partial charge in [0.25, 0.3) is 14.8 Å². The van der Waals surface area contributed by atoms with E-state index in [1.165, 1.54) is 18.2 Å². The monoisotopic (exact) mass is 352 g/mol. The van der Waals surface area contributed by atoms with Crippen LogP contribution >= 0.6 is 11.5 Å². The van der Waals surface area contributed by atoms with Gasteiger partial charge in [0.1, 0.15) is 5.82 Å². The first-order valence-corrected chi connectivity index (χ1v) is 9.08. The molecule has 0 spiro atoms. The van der Waals surface area contributed by atoms with Crippen LogP contribution in [0.15, 0.2) is 52.2 Å². The first-order chi connectivity index (χ1) is 10.9. The molecule has 0 unspecified atom stereocenters. The molecule has 0 atom stereocenters. The highest BCUT2D eigenvalue weighted by Gasteiger charge is 2.15. The lowest BCUT2D eigenvalue weighted by molar-refractivity contribution is 0.599. The van der Waals surface area contributed by atoms with Gasteiger partial charge in [-0.3, -0.25) is 13.5 Å². The molecule has 23 heavy (non-hydrogen) atoms. The summed E-state index contributed by atoms with van der Waals surface area (Å²) in [4.78, 5) is 11.9. The minimum absolute atomic E-state index is 0.0460. The molecule has 0 bridgehead atoms. The fraction of sp³-hybridized carbons (Fsp3) is 0.133. The zero-order chi connectivity index (χ0) is 16.6. The van der Waals surface area contributed by atoms with Crippen LogP contribution in [-0.2, 0) is 16.6 Å². The van der Waals surface area contributed by atoms with Gasteiger partial charge in [0, 0.05) is 12.2 Å². The molecule has 0 aliphatic heterocycles. The van der Waals surface area contributed by atoms with Crippen molar-refractivity contribution in [2.45, 2.75) is 18.4 Å². The van der Waals surface area contributed by atoms with Crippen molar-refractivity contribution in [3.63, 3.8) is 0 Å². The maximum Gasteiger partial charge on any atom is 0.261 e. The quantitative estimate of drug-likeness (QED) is 0.785. The predicted octanol–water partition coefficient (Wildman–Crippen LogP) is 3.02. The van der Waals surface area contributed by atoms with Gasteiger partial charge in [0.15, 0.2) is 0 Å². The van der Waals surface area contributed by atoms with E-state index in [1.807, 2.05) is 10.9 Å². The summed E-state index contributed by atoms with van der Waals surface area (Å²) in [6, 6.07) is 9.35. The van der Waals surface area contributed by atoms with Crippen molar-refractivity contribution in [3.05, 3.63) is 57.8 Å². The highest BCUT2D eigenvalue weighted by Crippen LogP contribution is 2.22. The molecule has 1 aromatic heterocycles. The number of hydrogen-bond donors (Lipinski definition) is 1. The maximum atomic E-state index is 12.9. The number of aromatic nitrogens is 1. The number of halogens is 1. The lowest BCUT2D eigenvalue weighted by atomic mass is 10.2. The number of hydrogen-bond acceptors (Lipinski definition) is 4. The first kappa shape index (κ1) is 15.7. The number of anilines is 1. The minimum atomic E-state index is -3.83. The van der Waals surface area contributed by atoms with E-state index < -0.39 is 15.8 Å². The standard InChI is InChI=1S/C15H13FN2O3S2/c1-2-18-14-8-5-11(9-13(14)15(19)22-18)17-23(20,21)12-6-3-10(16)4-7-12/h3-9,17H,2H2,1H3. The Labute approximate surface area is 136 Å². The largest absolute Gasteiger partial charge is 0.294 e. The first-order valence-electron chi connectivity index (χ1n) is 6.83. The third-order valence-corrected chi connectivity index (χ3v) is 5.80. The number of nitrogens with one attached hydrogen (secondary N) is 1. The van der Waals surface area contributed by atoms with Crippen LogP contribution in [0.2, 0.25) is 0 Å². The molecule has 5 nitrogen and oxygen atoms in total. The summed E-state index contributed by atoms with van der Waals surface area (Å²) in [6.07, 6.45) is 0. The summed E-state index contributed by atoms with van der Waals surface area (Å²) in [6.45, 7) is 2.60. The normalized spacial score (nSPS) is 11.7. The van der Waals surface area contributed by atoms with Crippen LogP contribution in [0.3, 0.4) is 0 Å². The number of rotatable bonds is 4. The average molecular weight is 352 g/mol. The van der Waals surface area contributed by atoms with E-state index in [9.17, 15) is 17.6 Å². The molecule has 3 aromatic rings. The van der Waals surface area contributed by atoms with Crippen LogP contribution in [0.25, 0.3) is 10.9 Å². The molecule has 120 valence electrons. The predicted molar refractivity (Wildman–Crippen MR) is 89.0 cm³/mol. The topological polar surface area (TPSA) is 68.2 Å². The number of nitrogens with zero attached hydrogens (tertiary/aromatic N) is 1. The molecule has 0 aliphatic carbocycles. The summed E-state index contributed by atoms with van der Waals surface area (Å²) in [7, 11) is -3.83. The molecular weight excluding hydrogens is 339 g/mol. The van der Waals surface area contributed by atoms with Gasteiger partial charge in [0.2, 0.25) is 0 Å². The Balaban J connectivity index is 1.99. The van der Waals surface area contributed by atoms with E-state index in [-0.39, 0.29) is 9.64 Å². The van der Waals surface area contributed by atoms with Crippen LogP contribution in [0.1, 0.15) is 6.92 Å². The Hall–Kier alpha value is -2.19.